The van der Waals surface area contributed by atoms with Gasteiger partial charge >= 0.3 is 0 Å². The molecule has 27 heavy (non-hydrogen) atoms. The van der Waals surface area contributed by atoms with Crippen molar-refractivity contribution in [3.8, 4) is 0 Å². The number of hydrogen-bond acceptors (Lipinski definition) is 5. The van der Waals surface area contributed by atoms with Crippen LogP contribution in [-0.4, -0.2) is 64.6 Å². The van der Waals surface area contributed by atoms with E-state index in [0.29, 0.717) is 13.2 Å². The molecule has 1 aliphatic heterocycles. The van der Waals surface area contributed by atoms with E-state index in [1.165, 1.54) is 31.2 Å². The van der Waals surface area contributed by atoms with Crippen molar-refractivity contribution in [1.82, 2.24) is 15.6 Å². The lowest BCUT2D eigenvalue weighted by atomic mass is 10.2. The van der Waals surface area contributed by atoms with E-state index >= 15 is 0 Å². The fourth-order valence-corrected chi connectivity index (χ4v) is 3.07. The molecule has 152 valence electrons. The van der Waals surface area contributed by atoms with Gasteiger partial charge in [-0.25, -0.2) is 4.98 Å². The maximum absolute atomic E-state index is 5.46. The second kappa shape index (κ2) is 13.3. The molecule has 0 amide bonds. The highest BCUT2D eigenvalue weighted by Gasteiger charge is 2.11. The molecule has 2 rings (SSSR count). The van der Waals surface area contributed by atoms with Gasteiger partial charge in [0.05, 0.1) is 13.2 Å². The number of nitrogens with one attached hydrogen (secondary N) is 2. The third-order valence-corrected chi connectivity index (χ3v) is 4.61. The molecule has 0 bridgehead atoms. The number of pyridine rings is 1. The minimum atomic E-state index is 0.641. The Kier molecular flexibility index (Phi) is 10.6. The highest BCUT2D eigenvalue weighted by molar-refractivity contribution is 5.79. The zero-order valence-electron chi connectivity index (χ0n) is 16.9. The molecule has 1 fully saturated rings. The number of nitrogens with zero attached hydrogens (tertiary/aromatic N) is 3. The van der Waals surface area contributed by atoms with Crippen LogP contribution in [0.15, 0.2) is 23.3 Å². The molecule has 1 saturated heterocycles. The Morgan fingerprint density at radius 3 is 2.70 bits per heavy atom. The quantitative estimate of drug-likeness (QED) is 0.370. The van der Waals surface area contributed by atoms with Crippen LogP contribution < -0.4 is 15.5 Å². The van der Waals surface area contributed by atoms with E-state index in [9.17, 15) is 0 Å². The second-order valence-corrected chi connectivity index (χ2v) is 6.73. The third kappa shape index (κ3) is 8.58. The average molecular weight is 378 g/mol. The van der Waals surface area contributed by atoms with Crippen LogP contribution in [0.25, 0.3) is 0 Å². The SMILES string of the molecule is CN=C(NCCCOCCOC)NCc1ccnc(N2CCCCCC2)c1. The molecular formula is C20H35N5O2. The molecule has 0 radical (unpaired) electrons. The van der Waals surface area contributed by atoms with Crippen molar-refractivity contribution in [1.29, 1.82) is 0 Å². The highest BCUT2D eigenvalue weighted by Crippen LogP contribution is 2.18. The van der Waals surface area contributed by atoms with E-state index in [-0.39, 0.29) is 0 Å². The van der Waals surface area contributed by atoms with E-state index in [4.69, 9.17) is 9.47 Å². The van der Waals surface area contributed by atoms with E-state index in [1.807, 2.05) is 6.20 Å². The van der Waals surface area contributed by atoms with Crippen LogP contribution in [-0.2, 0) is 16.0 Å². The molecule has 0 atom stereocenters. The Balaban J connectivity index is 1.71. The van der Waals surface area contributed by atoms with Crippen molar-refractivity contribution in [2.45, 2.75) is 38.6 Å². The molecule has 0 aromatic carbocycles. The van der Waals surface area contributed by atoms with Gasteiger partial charge in [-0.2, -0.15) is 0 Å². The number of anilines is 1. The van der Waals surface area contributed by atoms with Gasteiger partial charge in [0.25, 0.3) is 0 Å². The molecular weight excluding hydrogens is 342 g/mol. The molecule has 0 spiro atoms. The standard InChI is InChI=1S/C20H35N5O2/c1-21-20(23-9-7-13-27-15-14-26-2)24-17-18-8-10-22-19(16-18)25-11-5-3-4-6-12-25/h8,10,16H,3-7,9,11-15,17H2,1-2H3,(H2,21,23,24). The Morgan fingerprint density at radius 2 is 1.96 bits per heavy atom. The zero-order chi connectivity index (χ0) is 19.2. The molecule has 0 unspecified atom stereocenters. The summed E-state index contributed by atoms with van der Waals surface area (Å²) in [4.78, 5) is 11.3. The van der Waals surface area contributed by atoms with Crippen LogP contribution in [0, 0.1) is 0 Å². The highest BCUT2D eigenvalue weighted by atomic mass is 16.5. The maximum Gasteiger partial charge on any atom is 0.191 e. The molecule has 1 aliphatic rings. The summed E-state index contributed by atoms with van der Waals surface area (Å²) >= 11 is 0. The normalized spacial score (nSPS) is 15.5. The lowest BCUT2D eigenvalue weighted by molar-refractivity contribution is 0.0698. The molecule has 2 N–H and O–H groups in total. The number of methoxy groups -OCH3 is 1. The summed E-state index contributed by atoms with van der Waals surface area (Å²) in [5.74, 6) is 1.90. The lowest BCUT2D eigenvalue weighted by Crippen LogP contribution is -2.37. The number of guanidine groups is 1. The van der Waals surface area contributed by atoms with Gasteiger partial charge in [-0.15, -0.1) is 0 Å². The first-order chi connectivity index (χ1) is 13.3. The fourth-order valence-electron chi connectivity index (χ4n) is 3.07. The van der Waals surface area contributed by atoms with Crippen molar-refractivity contribution in [2.24, 2.45) is 4.99 Å². The largest absolute Gasteiger partial charge is 0.382 e. The van der Waals surface area contributed by atoms with E-state index in [2.05, 4.69) is 37.6 Å². The summed E-state index contributed by atoms with van der Waals surface area (Å²) in [6.07, 6.45) is 8.02. The summed E-state index contributed by atoms with van der Waals surface area (Å²) in [5, 5.41) is 6.69. The second-order valence-electron chi connectivity index (χ2n) is 6.73. The van der Waals surface area contributed by atoms with E-state index in [1.54, 1.807) is 14.2 Å². The minimum Gasteiger partial charge on any atom is -0.382 e. The smallest absolute Gasteiger partial charge is 0.191 e. The molecule has 7 heteroatoms. The van der Waals surface area contributed by atoms with Crippen molar-refractivity contribution in [3.63, 3.8) is 0 Å². The van der Waals surface area contributed by atoms with Gasteiger partial charge in [0.2, 0.25) is 0 Å². The van der Waals surface area contributed by atoms with Crippen LogP contribution in [0.5, 0.6) is 0 Å². The Labute approximate surface area is 163 Å². The predicted octanol–water partition coefficient (Wildman–Crippen LogP) is 2.18. The van der Waals surface area contributed by atoms with Gasteiger partial charge in [-0.3, -0.25) is 4.99 Å². The van der Waals surface area contributed by atoms with Gasteiger partial charge in [-0.1, -0.05) is 12.8 Å². The minimum absolute atomic E-state index is 0.641. The molecule has 2 heterocycles. The summed E-state index contributed by atoms with van der Waals surface area (Å²) in [7, 11) is 3.47. The maximum atomic E-state index is 5.46. The van der Waals surface area contributed by atoms with Crippen molar-refractivity contribution in [3.05, 3.63) is 23.9 Å². The summed E-state index contributed by atoms with van der Waals surface area (Å²) in [6.45, 7) is 5.78. The number of ether oxygens (including phenoxy) is 2. The number of aromatic nitrogens is 1. The van der Waals surface area contributed by atoms with Gasteiger partial charge in [0.15, 0.2) is 5.96 Å². The first-order valence-corrected chi connectivity index (χ1v) is 10.0. The third-order valence-electron chi connectivity index (χ3n) is 4.61. The van der Waals surface area contributed by atoms with Gasteiger partial charge in [0, 0.05) is 53.1 Å². The van der Waals surface area contributed by atoms with E-state index < -0.39 is 0 Å². The number of aliphatic imine (C=N–C) groups is 1. The number of rotatable bonds is 10. The molecule has 0 saturated carbocycles. The van der Waals surface area contributed by atoms with Crippen LogP contribution in [0.2, 0.25) is 0 Å². The summed E-state index contributed by atoms with van der Waals surface area (Å²) < 4.78 is 10.4. The van der Waals surface area contributed by atoms with Crippen LogP contribution in [0.3, 0.4) is 0 Å². The first-order valence-electron chi connectivity index (χ1n) is 10.0. The van der Waals surface area contributed by atoms with Crippen LogP contribution >= 0.6 is 0 Å². The molecule has 1 aromatic rings. The van der Waals surface area contributed by atoms with Gasteiger partial charge < -0.3 is 25.0 Å². The molecule has 1 aromatic heterocycles. The fraction of sp³-hybridized carbons (Fsp3) is 0.700. The summed E-state index contributed by atoms with van der Waals surface area (Å²) in [6, 6.07) is 4.25. The van der Waals surface area contributed by atoms with E-state index in [0.717, 1.165) is 51.0 Å². The van der Waals surface area contributed by atoms with Gasteiger partial charge in [0.1, 0.15) is 5.82 Å². The Bertz CT molecular complexity index is 545. The lowest BCUT2D eigenvalue weighted by Gasteiger charge is -2.22. The Morgan fingerprint density at radius 1 is 1.15 bits per heavy atom. The topological polar surface area (TPSA) is 71.0 Å². The van der Waals surface area contributed by atoms with Crippen LogP contribution in [0.1, 0.15) is 37.7 Å². The molecule has 0 aliphatic carbocycles. The molecule has 7 nitrogen and oxygen atoms in total. The van der Waals surface area contributed by atoms with Crippen LogP contribution in [0.4, 0.5) is 5.82 Å². The zero-order valence-corrected chi connectivity index (χ0v) is 16.9. The first kappa shape index (κ1) is 21.4. The van der Waals surface area contributed by atoms with Crippen molar-refractivity contribution in [2.75, 3.05) is 58.5 Å². The average Bonchev–Trinajstić information content (AvgIpc) is 2.99. The predicted molar refractivity (Wildman–Crippen MR) is 110 cm³/mol. The number of hydrogen-bond donors (Lipinski definition) is 2. The summed E-state index contributed by atoms with van der Waals surface area (Å²) in [5.41, 5.74) is 1.22. The monoisotopic (exact) mass is 377 g/mol. The van der Waals surface area contributed by atoms with Gasteiger partial charge in [-0.05, 0) is 37.0 Å². The van der Waals surface area contributed by atoms with Crippen molar-refractivity contribution >= 4 is 11.8 Å². The van der Waals surface area contributed by atoms with Crippen molar-refractivity contribution < 1.29 is 9.47 Å². The Hall–Kier alpha value is -1.86.